The molecule has 98 valence electrons. The lowest BCUT2D eigenvalue weighted by molar-refractivity contribution is 0.102. The smallest absolute Gasteiger partial charge is 0.255 e. The maximum absolute atomic E-state index is 12.1. The fourth-order valence-electron chi connectivity index (χ4n) is 1.71. The Morgan fingerprint density at radius 1 is 1.16 bits per heavy atom. The van der Waals surface area contributed by atoms with E-state index in [-0.39, 0.29) is 5.91 Å². The van der Waals surface area contributed by atoms with Crippen LogP contribution in [0.25, 0.3) is 0 Å². The summed E-state index contributed by atoms with van der Waals surface area (Å²) in [6.45, 7) is 3.84. The second-order valence-electron chi connectivity index (χ2n) is 4.51. The van der Waals surface area contributed by atoms with Gasteiger partial charge >= 0.3 is 0 Å². The molecule has 0 fully saturated rings. The van der Waals surface area contributed by atoms with E-state index < -0.39 is 0 Å². The molecule has 0 radical (unpaired) electrons. The lowest BCUT2D eigenvalue weighted by Gasteiger charge is -2.09. The van der Waals surface area contributed by atoms with Gasteiger partial charge in [-0.05, 0) is 49.2 Å². The van der Waals surface area contributed by atoms with Gasteiger partial charge in [0.15, 0.2) is 0 Å². The van der Waals surface area contributed by atoms with Gasteiger partial charge in [-0.25, -0.2) is 0 Å². The van der Waals surface area contributed by atoms with Crippen molar-refractivity contribution >= 4 is 28.9 Å². The van der Waals surface area contributed by atoms with Crippen LogP contribution in [-0.4, -0.2) is 5.91 Å². The number of hydrogen-bond donors (Lipinski definition) is 2. The van der Waals surface area contributed by atoms with Crippen molar-refractivity contribution in [3.05, 3.63) is 58.1 Å². The molecule has 3 N–H and O–H groups in total. The van der Waals surface area contributed by atoms with Crippen molar-refractivity contribution in [1.29, 1.82) is 0 Å². The van der Waals surface area contributed by atoms with Crippen LogP contribution in [0.4, 0.5) is 11.4 Å². The minimum atomic E-state index is -0.223. The third kappa shape index (κ3) is 3.06. The number of carbonyl (C=O) groups excluding carboxylic acids is 1. The van der Waals surface area contributed by atoms with Gasteiger partial charge in [0.2, 0.25) is 0 Å². The minimum absolute atomic E-state index is 0.223. The molecule has 0 saturated heterocycles. The number of carbonyl (C=O) groups is 1. The van der Waals surface area contributed by atoms with E-state index in [4.69, 9.17) is 17.3 Å². The molecular weight excluding hydrogens is 260 g/mol. The maximum atomic E-state index is 12.1. The quantitative estimate of drug-likeness (QED) is 0.819. The fraction of sp³-hybridized carbons (Fsp3) is 0.133. The first-order valence-corrected chi connectivity index (χ1v) is 6.29. The summed E-state index contributed by atoms with van der Waals surface area (Å²) in [5.41, 5.74) is 9.50. The molecule has 2 rings (SSSR count). The SMILES string of the molecule is Cc1ccc(Cl)c(NC(=O)c2ccc(C)c(N)c2)c1. The Kier molecular flexibility index (Phi) is 3.76. The van der Waals surface area contributed by atoms with Crippen LogP contribution < -0.4 is 11.1 Å². The molecule has 0 bridgehead atoms. The zero-order valence-electron chi connectivity index (χ0n) is 10.8. The number of nitrogens with one attached hydrogen (secondary N) is 1. The van der Waals surface area contributed by atoms with Crippen molar-refractivity contribution in [2.75, 3.05) is 11.1 Å². The van der Waals surface area contributed by atoms with Crippen LogP contribution in [0.5, 0.6) is 0 Å². The van der Waals surface area contributed by atoms with Gasteiger partial charge in [0, 0.05) is 11.3 Å². The number of anilines is 2. The Morgan fingerprint density at radius 3 is 2.58 bits per heavy atom. The van der Waals surface area contributed by atoms with E-state index in [1.165, 1.54) is 0 Å². The molecule has 0 atom stereocenters. The van der Waals surface area contributed by atoms with Crippen molar-refractivity contribution in [1.82, 2.24) is 0 Å². The Labute approximate surface area is 117 Å². The zero-order valence-corrected chi connectivity index (χ0v) is 11.6. The summed E-state index contributed by atoms with van der Waals surface area (Å²) in [5, 5.41) is 3.30. The topological polar surface area (TPSA) is 55.1 Å². The van der Waals surface area contributed by atoms with Gasteiger partial charge in [0.05, 0.1) is 10.7 Å². The average Bonchev–Trinajstić information content (AvgIpc) is 2.37. The van der Waals surface area contributed by atoms with Crippen LogP contribution in [0.1, 0.15) is 21.5 Å². The van der Waals surface area contributed by atoms with Gasteiger partial charge in [0.1, 0.15) is 0 Å². The first-order chi connectivity index (χ1) is 8.97. The van der Waals surface area contributed by atoms with Gasteiger partial charge in [-0.15, -0.1) is 0 Å². The number of amides is 1. The van der Waals surface area contributed by atoms with Crippen LogP contribution in [0, 0.1) is 13.8 Å². The normalized spacial score (nSPS) is 10.3. The standard InChI is InChI=1S/C15H15ClN2O/c1-9-3-6-12(16)14(7-9)18-15(19)11-5-4-10(2)13(17)8-11/h3-8H,17H2,1-2H3,(H,18,19). The van der Waals surface area contributed by atoms with Crippen LogP contribution in [0.15, 0.2) is 36.4 Å². The molecule has 19 heavy (non-hydrogen) atoms. The van der Waals surface area contributed by atoms with Gasteiger partial charge in [-0.3, -0.25) is 4.79 Å². The number of benzene rings is 2. The highest BCUT2D eigenvalue weighted by atomic mass is 35.5. The summed E-state index contributed by atoms with van der Waals surface area (Å²) in [6.07, 6.45) is 0. The summed E-state index contributed by atoms with van der Waals surface area (Å²) in [6, 6.07) is 10.7. The molecule has 2 aromatic carbocycles. The van der Waals surface area contributed by atoms with E-state index in [9.17, 15) is 4.79 Å². The molecule has 1 amide bonds. The van der Waals surface area contributed by atoms with Crippen LogP contribution >= 0.6 is 11.6 Å². The van der Waals surface area contributed by atoms with Gasteiger partial charge in [-0.2, -0.15) is 0 Å². The highest BCUT2D eigenvalue weighted by Crippen LogP contribution is 2.23. The van der Waals surface area contributed by atoms with Crippen LogP contribution in [0.2, 0.25) is 5.02 Å². The monoisotopic (exact) mass is 274 g/mol. The number of nitrogen functional groups attached to an aromatic ring is 1. The van der Waals surface area contributed by atoms with Crippen LogP contribution in [0.3, 0.4) is 0 Å². The van der Waals surface area contributed by atoms with E-state index in [1.807, 2.05) is 32.0 Å². The molecule has 0 aromatic heterocycles. The molecule has 0 aliphatic carbocycles. The molecule has 0 saturated carbocycles. The minimum Gasteiger partial charge on any atom is -0.398 e. The highest BCUT2D eigenvalue weighted by Gasteiger charge is 2.09. The lowest BCUT2D eigenvalue weighted by atomic mass is 10.1. The predicted molar refractivity (Wildman–Crippen MR) is 79.7 cm³/mol. The molecule has 0 unspecified atom stereocenters. The number of aryl methyl sites for hydroxylation is 2. The van der Waals surface area contributed by atoms with Crippen molar-refractivity contribution in [3.8, 4) is 0 Å². The summed E-state index contributed by atoms with van der Waals surface area (Å²) in [4.78, 5) is 12.1. The highest BCUT2D eigenvalue weighted by molar-refractivity contribution is 6.34. The molecule has 0 spiro atoms. The molecule has 2 aromatic rings. The Morgan fingerprint density at radius 2 is 1.89 bits per heavy atom. The molecule has 3 nitrogen and oxygen atoms in total. The Bertz CT molecular complexity index is 638. The maximum Gasteiger partial charge on any atom is 0.255 e. The Hall–Kier alpha value is -2.00. The molecular formula is C15H15ClN2O. The second kappa shape index (κ2) is 5.33. The second-order valence-corrected chi connectivity index (χ2v) is 4.92. The third-order valence-electron chi connectivity index (χ3n) is 2.91. The van der Waals surface area contributed by atoms with E-state index in [0.29, 0.717) is 22.0 Å². The van der Waals surface area contributed by atoms with E-state index >= 15 is 0 Å². The van der Waals surface area contributed by atoms with Gasteiger partial charge in [0.25, 0.3) is 5.91 Å². The number of nitrogens with two attached hydrogens (primary N) is 1. The first kappa shape index (κ1) is 13.4. The largest absolute Gasteiger partial charge is 0.398 e. The van der Waals surface area contributed by atoms with Crippen LogP contribution in [-0.2, 0) is 0 Å². The summed E-state index contributed by atoms with van der Waals surface area (Å²) >= 11 is 6.04. The average molecular weight is 275 g/mol. The van der Waals surface area contributed by atoms with Crippen molar-refractivity contribution in [3.63, 3.8) is 0 Å². The number of hydrogen-bond acceptors (Lipinski definition) is 2. The summed E-state index contributed by atoms with van der Waals surface area (Å²) in [7, 11) is 0. The predicted octanol–water partition coefficient (Wildman–Crippen LogP) is 3.79. The third-order valence-corrected chi connectivity index (χ3v) is 3.24. The number of halogens is 1. The first-order valence-electron chi connectivity index (χ1n) is 5.91. The Balaban J connectivity index is 2.25. The summed E-state index contributed by atoms with van der Waals surface area (Å²) in [5.74, 6) is -0.223. The van der Waals surface area contributed by atoms with E-state index in [2.05, 4.69) is 5.32 Å². The summed E-state index contributed by atoms with van der Waals surface area (Å²) < 4.78 is 0. The van der Waals surface area contributed by atoms with Gasteiger partial charge < -0.3 is 11.1 Å². The van der Waals surface area contributed by atoms with Crippen molar-refractivity contribution in [2.45, 2.75) is 13.8 Å². The zero-order chi connectivity index (χ0) is 14.0. The van der Waals surface area contributed by atoms with Crippen molar-refractivity contribution in [2.24, 2.45) is 0 Å². The molecule has 0 heterocycles. The molecule has 0 aliphatic rings. The van der Waals surface area contributed by atoms with E-state index in [0.717, 1.165) is 11.1 Å². The lowest BCUT2D eigenvalue weighted by Crippen LogP contribution is -2.12. The molecule has 4 heteroatoms. The van der Waals surface area contributed by atoms with Crippen molar-refractivity contribution < 1.29 is 4.79 Å². The van der Waals surface area contributed by atoms with E-state index in [1.54, 1.807) is 18.2 Å². The fourth-order valence-corrected chi connectivity index (χ4v) is 1.88. The van der Waals surface area contributed by atoms with Gasteiger partial charge in [-0.1, -0.05) is 23.7 Å². The number of rotatable bonds is 2. The molecule has 0 aliphatic heterocycles.